The predicted molar refractivity (Wildman–Crippen MR) is 268 cm³/mol. The van der Waals surface area contributed by atoms with Crippen molar-refractivity contribution in [1.29, 1.82) is 0 Å². The number of carboxylic acids is 2. The molecule has 11 atom stereocenters. The number of carbonyl (C=O) groups is 2. The quantitative estimate of drug-likeness (QED) is 0.0341. The van der Waals surface area contributed by atoms with Crippen molar-refractivity contribution in [3.63, 3.8) is 0 Å². The van der Waals surface area contributed by atoms with Crippen LogP contribution in [0.3, 0.4) is 0 Å². The van der Waals surface area contributed by atoms with Gasteiger partial charge in [0.1, 0.15) is 5.41 Å². The molecule has 0 radical (unpaired) electrons. The van der Waals surface area contributed by atoms with E-state index in [2.05, 4.69) is 47.6 Å². The lowest BCUT2D eigenvalue weighted by atomic mass is 9.33. The molecule has 5 aliphatic carbocycles. The Morgan fingerprint density at radius 2 is 1.08 bits per heavy atom. The highest BCUT2D eigenvalue weighted by molar-refractivity contribution is 5.77. The Labute approximate surface area is 403 Å². The molecule has 0 heterocycles. The van der Waals surface area contributed by atoms with E-state index >= 15 is 0 Å². The smallest absolute Gasteiger partial charge is 0.312 e. The summed E-state index contributed by atoms with van der Waals surface area (Å²) in [6.45, 7) is 14.4. The molecule has 4 fully saturated rings. The highest BCUT2D eigenvalue weighted by atomic mass is 16.5. The number of carboxylic acid groups (broad SMARTS) is 2. The molecule has 0 aromatic rings. The first-order valence-electron chi connectivity index (χ1n) is 28.2. The number of hydrogen-bond donors (Lipinski definition) is 5. The molecule has 8 nitrogen and oxygen atoms in total. The molecule has 0 bridgehead atoms. The Hall–Kier alpha value is -1.48. The fourth-order valence-corrected chi connectivity index (χ4v) is 15.8. The van der Waals surface area contributed by atoms with Crippen LogP contribution in [0.15, 0.2) is 11.6 Å². The number of fused-ring (bicyclic) bond motifs is 7. The van der Waals surface area contributed by atoms with E-state index in [-0.39, 0.29) is 46.0 Å². The standard InChI is InChI=1S/C58H102O8/c1-53(2)37-38-58(52(64)65)45(40-53)44-33-34-48-54(3)41-46(60)51(55(4,43-59)47(54)35-36-56(48,5)57(44,6)42-49(58)61)66-39-31-29-27-25-23-21-19-17-15-13-11-9-7-8-10-12-14-16-18-20-22-24-26-28-30-32-50(62)63/h33,45-49,51,59-61H,7-32,34-43H2,1-6H3,(H,62,63)(H,64,65)/t45-,46-,47-,48+,49+,51-,54-,55-,56+,57+,58+/m0/s1. The van der Waals surface area contributed by atoms with Gasteiger partial charge in [0.15, 0.2) is 0 Å². The topological polar surface area (TPSA) is 145 Å². The van der Waals surface area contributed by atoms with Crippen molar-refractivity contribution in [2.75, 3.05) is 13.2 Å². The maximum atomic E-state index is 13.1. The summed E-state index contributed by atoms with van der Waals surface area (Å²) in [6.07, 6.45) is 39.0. The molecule has 5 rings (SSSR count). The largest absolute Gasteiger partial charge is 0.481 e. The third kappa shape index (κ3) is 12.7. The van der Waals surface area contributed by atoms with Crippen LogP contribution in [0.5, 0.6) is 0 Å². The van der Waals surface area contributed by atoms with E-state index in [1.807, 2.05) is 0 Å². The fourth-order valence-electron chi connectivity index (χ4n) is 15.8. The lowest BCUT2D eigenvalue weighted by Gasteiger charge is -2.72. The van der Waals surface area contributed by atoms with Gasteiger partial charge >= 0.3 is 11.9 Å². The van der Waals surface area contributed by atoms with Crippen molar-refractivity contribution >= 4 is 11.9 Å². The maximum absolute atomic E-state index is 13.1. The molecule has 5 N–H and O–H groups in total. The van der Waals surface area contributed by atoms with Crippen LogP contribution in [0, 0.1) is 50.2 Å². The van der Waals surface area contributed by atoms with Crippen LogP contribution >= 0.6 is 0 Å². The number of rotatable bonds is 31. The van der Waals surface area contributed by atoms with Gasteiger partial charge in [-0.05, 0) is 104 Å². The normalized spacial score (nSPS) is 35.9. The van der Waals surface area contributed by atoms with Gasteiger partial charge in [-0.1, -0.05) is 201 Å². The SMILES string of the molecule is CC1(C)CC[C@]2(C(=O)O)[C@H](O)C[C@]3(C)C(=CC[C@@H]4[C@@]5(C)C[C@H](O)[C@H](OCCCCCCCCCCCCCCCCCCCCCCCCCCCC(=O)O)[C@@](C)(CO)[C@H]5CC[C@]43C)[C@@H]2C1. The Morgan fingerprint density at radius 1 is 0.606 bits per heavy atom. The molecule has 8 heteroatoms. The summed E-state index contributed by atoms with van der Waals surface area (Å²) in [7, 11) is 0. The number of aliphatic hydroxyl groups is 3. The third-order valence-corrected chi connectivity index (χ3v) is 20.0. The Bertz CT molecular complexity index is 1530. The van der Waals surface area contributed by atoms with E-state index < -0.39 is 41.1 Å². The second-order valence-electron chi connectivity index (χ2n) is 25.0. The molecule has 0 aromatic carbocycles. The molecule has 66 heavy (non-hydrogen) atoms. The van der Waals surface area contributed by atoms with Gasteiger partial charge in [0.25, 0.3) is 0 Å². The number of allylic oxidation sites excluding steroid dienone is 2. The molecule has 0 aromatic heterocycles. The van der Waals surface area contributed by atoms with Gasteiger partial charge in [-0.3, -0.25) is 9.59 Å². The van der Waals surface area contributed by atoms with E-state index in [1.165, 1.54) is 140 Å². The average molecular weight is 927 g/mol. The lowest BCUT2D eigenvalue weighted by Crippen LogP contribution is -2.69. The first kappa shape index (κ1) is 55.4. The summed E-state index contributed by atoms with van der Waals surface area (Å²) < 4.78 is 6.63. The molecule has 0 spiro atoms. The summed E-state index contributed by atoms with van der Waals surface area (Å²) in [5.41, 5.74) is -1.13. The molecule has 4 saturated carbocycles. The summed E-state index contributed by atoms with van der Waals surface area (Å²) in [4.78, 5) is 23.7. The zero-order valence-electron chi connectivity index (χ0n) is 43.5. The second kappa shape index (κ2) is 25.1. The van der Waals surface area contributed by atoms with E-state index in [0.717, 1.165) is 57.8 Å². The zero-order chi connectivity index (χ0) is 48.1. The van der Waals surface area contributed by atoms with Gasteiger partial charge in [-0.25, -0.2) is 0 Å². The van der Waals surface area contributed by atoms with Crippen LogP contribution in [0.25, 0.3) is 0 Å². The second-order valence-corrected chi connectivity index (χ2v) is 25.0. The van der Waals surface area contributed by atoms with Gasteiger partial charge in [-0.15, -0.1) is 0 Å². The number of ether oxygens (including phenoxy) is 1. The van der Waals surface area contributed by atoms with Crippen molar-refractivity contribution in [3.05, 3.63) is 11.6 Å². The molecular formula is C58H102O8. The first-order chi connectivity index (χ1) is 31.4. The van der Waals surface area contributed by atoms with E-state index in [4.69, 9.17) is 9.84 Å². The van der Waals surface area contributed by atoms with Crippen molar-refractivity contribution in [3.8, 4) is 0 Å². The van der Waals surface area contributed by atoms with Gasteiger partial charge in [0.2, 0.25) is 0 Å². The molecular weight excluding hydrogens is 825 g/mol. The van der Waals surface area contributed by atoms with Gasteiger partial charge in [-0.2, -0.15) is 0 Å². The Balaban J connectivity index is 0.926. The van der Waals surface area contributed by atoms with Gasteiger partial charge < -0.3 is 30.3 Å². The van der Waals surface area contributed by atoms with Crippen molar-refractivity contribution in [1.82, 2.24) is 0 Å². The zero-order valence-corrected chi connectivity index (χ0v) is 43.5. The molecule has 0 aliphatic heterocycles. The molecule has 5 aliphatic rings. The summed E-state index contributed by atoms with van der Waals surface area (Å²) in [6, 6.07) is 0. The maximum Gasteiger partial charge on any atom is 0.312 e. The minimum atomic E-state index is -1.12. The van der Waals surface area contributed by atoms with Crippen molar-refractivity contribution in [2.45, 2.75) is 278 Å². The summed E-state index contributed by atoms with van der Waals surface area (Å²) in [5, 5.41) is 54.6. The van der Waals surface area contributed by atoms with Crippen molar-refractivity contribution in [2.24, 2.45) is 50.2 Å². The third-order valence-electron chi connectivity index (χ3n) is 20.0. The predicted octanol–water partition coefficient (Wildman–Crippen LogP) is 14.4. The average Bonchev–Trinajstić information content (AvgIpc) is 3.25. The summed E-state index contributed by atoms with van der Waals surface area (Å²) >= 11 is 0. The lowest BCUT2D eigenvalue weighted by molar-refractivity contribution is -0.257. The minimum absolute atomic E-state index is 0.0155. The van der Waals surface area contributed by atoms with Gasteiger partial charge in [0.05, 0.1) is 24.9 Å². The number of aliphatic carboxylic acids is 2. The van der Waals surface area contributed by atoms with Crippen molar-refractivity contribution < 1.29 is 39.9 Å². The van der Waals surface area contributed by atoms with Crippen LogP contribution in [0.1, 0.15) is 260 Å². The number of hydrogen-bond acceptors (Lipinski definition) is 6. The van der Waals surface area contributed by atoms with E-state index in [9.17, 15) is 30.0 Å². The van der Waals surface area contributed by atoms with E-state index in [0.29, 0.717) is 32.3 Å². The number of unbranched alkanes of at least 4 members (excludes halogenated alkanes) is 24. The first-order valence-corrected chi connectivity index (χ1v) is 28.2. The van der Waals surface area contributed by atoms with Crippen LogP contribution in [-0.2, 0) is 14.3 Å². The summed E-state index contributed by atoms with van der Waals surface area (Å²) in [5.74, 6) is -1.25. The van der Waals surface area contributed by atoms with Crippen LogP contribution in [0.2, 0.25) is 0 Å². The van der Waals surface area contributed by atoms with Gasteiger partial charge in [0, 0.05) is 18.4 Å². The molecule has 0 unspecified atom stereocenters. The van der Waals surface area contributed by atoms with E-state index in [1.54, 1.807) is 0 Å². The van der Waals surface area contributed by atoms with Crippen LogP contribution in [0.4, 0.5) is 0 Å². The van der Waals surface area contributed by atoms with Crippen LogP contribution < -0.4 is 0 Å². The highest BCUT2D eigenvalue weighted by Crippen LogP contribution is 2.76. The molecule has 382 valence electrons. The molecule has 0 amide bonds. The number of aliphatic hydroxyl groups excluding tert-OH is 3. The fraction of sp³-hybridized carbons (Fsp3) is 0.931. The monoisotopic (exact) mass is 927 g/mol. The molecule has 0 saturated heterocycles. The Kier molecular flexibility index (Phi) is 21.1. The highest BCUT2D eigenvalue weighted by Gasteiger charge is 2.72. The Morgan fingerprint density at radius 3 is 1.53 bits per heavy atom. The van der Waals surface area contributed by atoms with Crippen LogP contribution in [-0.4, -0.2) is 69.0 Å². The minimum Gasteiger partial charge on any atom is -0.481 e.